The second kappa shape index (κ2) is 18.6. The van der Waals surface area contributed by atoms with Gasteiger partial charge in [0.2, 0.25) is 0 Å². The Bertz CT molecular complexity index is 1830. The van der Waals surface area contributed by atoms with Crippen LogP contribution in [0.15, 0.2) is 48.7 Å². The van der Waals surface area contributed by atoms with Gasteiger partial charge in [0.15, 0.2) is 11.5 Å². The third-order valence-electron chi connectivity index (χ3n) is 13.3. The second-order valence-electron chi connectivity index (χ2n) is 17.3. The molecule has 0 radical (unpaired) electrons. The molecule has 1 aromatic heterocycles. The molecule has 3 aromatic rings. The second-order valence-corrected chi connectivity index (χ2v) is 17.7. The lowest BCUT2D eigenvalue weighted by molar-refractivity contribution is -0.144. The van der Waals surface area contributed by atoms with E-state index < -0.39 is 11.5 Å². The van der Waals surface area contributed by atoms with Gasteiger partial charge in [-0.3, -0.25) is 4.98 Å². The number of fused-ring (bicyclic) bond motifs is 4. The van der Waals surface area contributed by atoms with Crippen LogP contribution in [0.25, 0.3) is 0 Å². The molecule has 4 aliphatic rings. The number of benzene rings is 2. The zero-order valence-electron chi connectivity index (χ0n) is 34.3. The number of halogens is 1. The topological polar surface area (TPSA) is 112 Å². The lowest BCUT2D eigenvalue weighted by Crippen LogP contribution is -2.53. The van der Waals surface area contributed by atoms with Gasteiger partial charge in [0.05, 0.1) is 26.4 Å². The number of nitrogens with one attached hydrogen (secondary N) is 1. The minimum Gasteiger partial charge on any atom is -0.493 e. The smallest absolute Gasteiger partial charge is 0.329 e. The Hall–Kier alpha value is -3.57. The molecule has 1 saturated carbocycles. The summed E-state index contributed by atoms with van der Waals surface area (Å²) in [4.78, 5) is 20.2. The van der Waals surface area contributed by atoms with Gasteiger partial charge >= 0.3 is 5.97 Å². The number of ether oxygens (including phenoxy) is 5. The van der Waals surface area contributed by atoms with Gasteiger partial charge < -0.3 is 39.0 Å². The zero-order chi connectivity index (χ0) is 40.0. The van der Waals surface area contributed by atoms with Crippen molar-refractivity contribution in [1.29, 1.82) is 0 Å². The normalized spacial score (nSPS) is 25.8. The molecule has 310 valence electrons. The highest BCUT2D eigenvalue weighted by atomic mass is 35.5. The van der Waals surface area contributed by atoms with Crippen molar-refractivity contribution in [2.75, 3.05) is 72.2 Å². The summed E-state index contributed by atoms with van der Waals surface area (Å²) in [6, 6.07) is 13.9. The first-order chi connectivity index (χ1) is 27.6. The molecular weight excluding hydrogens is 742 g/mol. The number of carbonyl (C=O) groups is 1. The van der Waals surface area contributed by atoms with Crippen LogP contribution < -0.4 is 19.5 Å². The number of carboxylic acid groups (broad SMARTS) is 1. The van der Waals surface area contributed by atoms with Crippen molar-refractivity contribution in [3.8, 4) is 17.2 Å². The fourth-order valence-electron chi connectivity index (χ4n) is 10.2. The molecule has 0 amide bonds. The largest absolute Gasteiger partial charge is 0.493 e. The quantitative estimate of drug-likeness (QED) is 0.129. The van der Waals surface area contributed by atoms with Gasteiger partial charge in [0.1, 0.15) is 11.3 Å². The maximum atomic E-state index is 13.1. The van der Waals surface area contributed by atoms with E-state index in [4.69, 9.17) is 35.3 Å². The molecule has 1 aliphatic heterocycles. The van der Waals surface area contributed by atoms with Gasteiger partial charge in [-0.2, -0.15) is 0 Å². The van der Waals surface area contributed by atoms with E-state index in [1.54, 1.807) is 14.2 Å². The third kappa shape index (κ3) is 9.35. The first-order valence-electron chi connectivity index (χ1n) is 21.1. The summed E-state index contributed by atoms with van der Waals surface area (Å²) in [6.45, 7) is 10.4. The van der Waals surface area contributed by atoms with Crippen molar-refractivity contribution in [3.63, 3.8) is 0 Å². The maximum absolute atomic E-state index is 13.1. The summed E-state index contributed by atoms with van der Waals surface area (Å²) in [5, 5.41) is 14.8. The minimum absolute atomic E-state index is 0.201. The van der Waals surface area contributed by atoms with Crippen LogP contribution in [0, 0.1) is 17.8 Å². The third-order valence-corrected chi connectivity index (χ3v) is 13.5. The Morgan fingerprint density at radius 3 is 2.56 bits per heavy atom. The Balaban J connectivity index is 1.11. The lowest BCUT2D eigenvalue weighted by Gasteiger charge is -2.47. The number of aromatic nitrogens is 1. The van der Waals surface area contributed by atoms with Crippen molar-refractivity contribution in [2.24, 2.45) is 17.8 Å². The van der Waals surface area contributed by atoms with Gasteiger partial charge in [-0.05, 0) is 135 Å². The lowest BCUT2D eigenvalue weighted by atomic mass is 9.59. The molecule has 3 aliphatic carbocycles. The van der Waals surface area contributed by atoms with E-state index in [1.807, 2.05) is 36.5 Å². The number of aliphatic carboxylic acids is 1. The molecule has 4 atom stereocenters. The van der Waals surface area contributed by atoms with Gasteiger partial charge in [-0.1, -0.05) is 31.5 Å². The Morgan fingerprint density at radius 1 is 1.05 bits per heavy atom. The van der Waals surface area contributed by atoms with E-state index in [0.29, 0.717) is 56.1 Å². The van der Waals surface area contributed by atoms with E-state index in [2.05, 4.69) is 41.2 Å². The van der Waals surface area contributed by atoms with E-state index in [0.717, 1.165) is 94.1 Å². The number of nitrogens with zero attached hydrogens (tertiary/aromatic N) is 2. The summed E-state index contributed by atoms with van der Waals surface area (Å²) in [7, 11) is 3.48. The molecule has 0 saturated heterocycles. The SMILES string of the molecule is COCCCN(CCOC)CC1COc2cc3c(cc2OC1)C1(CCC(Nc2cccc(Cl)c2)(C(=O)O)CC1)[C@@H](C[C@@H](C)COc1ccnc2c1[C@H](C)CCC2)C3. The Morgan fingerprint density at radius 2 is 1.82 bits per heavy atom. The average molecular weight is 804 g/mol. The summed E-state index contributed by atoms with van der Waals surface area (Å²) in [5.74, 6) is 3.00. The zero-order valence-corrected chi connectivity index (χ0v) is 35.1. The first kappa shape index (κ1) is 41.6. The summed E-state index contributed by atoms with van der Waals surface area (Å²) < 4.78 is 30.5. The highest BCUT2D eigenvalue weighted by Crippen LogP contribution is 2.58. The monoisotopic (exact) mass is 803 g/mol. The number of pyridine rings is 1. The minimum atomic E-state index is -1.09. The van der Waals surface area contributed by atoms with Gasteiger partial charge in [-0.15, -0.1) is 0 Å². The van der Waals surface area contributed by atoms with Gasteiger partial charge in [0, 0.05) is 74.5 Å². The van der Waals surface area contributed by atoms with Crippen molar-refractivity contribution in [2.45, 2.75) is 94.9 Å². The highest BCUT2D eigenvalue weighted by molar-refractivity contribution is 6.30. The molecule has 10 nitrogen and oxygen atoms in total. The van der Waals surface area contributed by atoms with E-state index in [-0.39, 0.29) is 17.3 Å². The molecule has 1 spiro atoms. The molecule has 2 N–H and O–H groups in total. The van der Waals surface area contributed by atoms with Crippen LogP contribution in [-0.2, 0) is 32.5 Å². The summed E-state index contributed by atoms with van der Waals surface area (Å²) in [6.07, 6.45) is 10.5. The summed E-state index contributed by atoms with van der Waals surface area (Å²) >= 11 is 6.33. The number of methoxy groups -OCH3 is 2. The number of hydrogen-bond donors (Lipinski definition) is 2. The van der Waals surface area contributed by atoms with Crippen LogP contribution in [-0.4, -0.2) is 93.4 Å². The fraction of sp³-hybridized carbons (Fsp3) is 0.609. The van der Waals surface area contributed by atoms with Crippen LogP contribution in [0.2, 0.25) is 5.02 Å². The number of hydrogen-bond acceptors (Lipinski definition) is 9. The Kier molecular flexibility index (Phi) is 13.5. The first-order valence-corrected chi connectivity index (χ1v) is 21.5. The molecule has 57 heavy (non-hydrogen) atoms. The predicted molar refractivity (Wildman–Crippen MR) is 223 cm³/mol. The molecule has 1 unspecified atom stereocenters. The Labute approximate surface area is 343 Å². The molecule has 1 fully saturated rings. The van der Waals surface area contributed by atoms with Crippen LogP contribution in [0.5, 0.6) is 17.2 Å². The van der Waals surface area contributed by atoms with Crippen molar-refractivity contribution < 1.29 is 33.6 Å². The molecular formula is C46H62ClN3O7. The highest BCUT2D eigenvalue weighted by Gasteiger charge is 2.54. The molecule has 7 rings (SSSR count). The van der Waals surface area contributed by atoms with Crippen LogP contribution >= 0.6 is 11.6 Å². The summed E-state index contributed by atoms with van der Waals surface area (Å²) in [5.41, 5.74) is 4.48. The molecule has 11 heteroatoms. The number of aryl methyl sites for hydroxylation is 1. The van der Waals surface area contributed by atoms with Crippen molar-refractivity contribution in [1.82, 2.24) is 9.88 Å². The van der Waals surface area contributed by atoms with Gasteiger partial charge in [-0.25, -0.2) is 4.79 Å². The van der Waals surface area contributed by atoms with Crippen LogP contribution in [0.1, 0.15) is 93.5 Å². The molecule has 0 bridgehead atoms. The maximum Gasteiger partial charge on any atom is 0.329 e. The standard InChI is InChI=1S/C46H62ClN3O7/c1-31(28-55-40-12-17-48-39-11-5-8-32(2)43(39)40)22-35-23-34-24-41-42(57-30-33(29-56-41)27-50(19-21-54-4)18-7-20-53-3)26-38(34)45(35)13-15-46(16-14-45,44(51)52)49-37-10-6-9-36(47)25-37/h6,9-10,12,17,24-26,31-33,35,49H,5,7-8,11,13-16,18-23,27-30H2,1-4H3,(H,51,52)/t31-,32-,33?,35+,45?,46?/m1/s1. The average Bonchev–Trinajstić information content (AvgIpc) is 3.32. The fourth-order valence-corrected chi connectivity index (χ4v) is 10.4. The van der Waals surface area contributed by atoms with Crippen molar-refractivity contribution in [3.05, 3.63) is 76.1 Å². The number of anilines is 1. The van der Waals surface area contributed by atoms with Gasteiger partial charge in [0.25, 0.3) is 0 Å². The van der Waals surface area contributed by atoms with E-state index in [9.17, 15) is 9.90 Å². The molecule has 2 heterocycles. The van der Waals surface area contributed by atoms with E-state index in [1.165, 1.54) is 28.8 Å². The number of carboxylic acids is 1. The number of rotatable bonds is 17. The van der Waals surface area contributed by atoms with Crippen LogP contribution in [0.4, 0.5) is 5.69 Å². The van der Waals surface area contributed by atoms with E-state index >= 15 is 0 Å². The molecule has 2 aromatic carbocycles. The van der Waals surface area contributed by atoms with Crippen LogP contribution in [0.3, 0.4) is 0 Å². The predicted octanol–water partition coefficient (Wildman–Crippen LogP) is 8.57. The van der Waals surface area contributed by atoms with Crippen molar-refractivity contribution >= 4 is 23.3 Å².